The number of nitrogens with two attached hydrogens (primary N) is 1. The molecule has 1 atom stereocenters. The highest BCUT2D eigenvalue weighted by Gasteiger charge is 2.10. The van der Waals surface area contributed by atoms with Crippen molar-refractivity contribution in [2.75, 3.05) is 19.6 Å². The zero-order chi connectivity index (χ0) is 11.1. The van der Waals surface area contributed by atoms with E-state index in [4.69, 9.17) is 10.8 Å². The highest BCUT2D eigenvalue weighted by Crippen LogP contribution is 1.93. The molecule has 0 aromatic rings. The van der Waals surface area contributed by atoms with Crippen molar-refractivity contribution in [3.05, 3.63) is 0 Å². The topological polar surface area (TPSA) is 99.7 Å². The summed E-state index contributed by atoms with van der Waals surface area (Å²) in [5.41, 5.74) is 5.36. The van der Waals surface area contributed by atoms with Gasteiger partial charge in [-0.1, -0.05) is 0 Å². The summed E-state index contributed by atoms with van der Waals surface area (Å²) in [4.78, 5) is 14.6. The van der Waals surface area contributed by atoms with Gasteiger partial charge < -0.3 is 21.5 Å². The number of rotatable bonds is 5. The number of carboxylic acids is 1. The van der Waals surface area contributed by atoms with Crippen LogP contribution in [0, 0.1) is 0 Å². The van der Waals surface area contributed by atoms with E-state index in [-0.39, 0.29) is 0 Å². The van der Waals surface area contributed by atoms with Gasteiger partial charge in [0.25, 0.3) is 0 Å². The van der Waals surface area contributed by atoms with Crippen molar-refractivity contribution in [2.24, 2.45) is 10.7 Å². The van der Waals surface area contributed by atoms with Crippen LogP contribution >= 0.6 is 0 Å². The Hall–Kier alpha value is -1.30. The quantitative estimate of drug-likeness (QED) is 0.445. The number of nitrogens with zero attached hydrogens (tertiary/aromatic N) is 1. The predicted octanol–water partition coefficient (Wildman–Crippen LogP) is -0.883. The molecule has 0 aromatic carbocycles. The first-order chi connectivity index (χ1) is 7.20. The highest BCUT2D eigenvalue weighted by atomic mass is 16.4. The second-order valence-electron chi connectivity index (χ2n) is 3.52. The largest absolute Gasteiger partial charge is 0.480 e. The minimum absolute atomic E-state index is 0.482. The smallest absolute Gasteiger partial charge is 0.320 e. The number of nitrogens with one attached hydrogen (secondary N) is 2. The van der Waals surface area contributed by atoms with Gasteiger partial charge in [0.2, 0.25) is 0 Å². The van der Waals surface area contributed by atoms with Crippen molar-refractivity contribution in [3.63, 3.8) is 0 Å². The Labute approximate surface area is 88.9 Å². The van der Waals surface area contributed by atoms with Crippen LogP contribution in [0.1, 0.15) is 19.3 Å². The maximum absolute atomic E-state index is 10.4. The van der Waals surface area contributed by atoms with Crippen molar-refractivity contribution in [1.29, 1.82) is 0 Å². The Morgan fingerprint density at radius 3 is 3.13 bits per heavy atom. The molecule has 0 unspecified atom stereocenters. The second-order valence-corrected chi connectivity index (χ2v) is 3.52. The first kappa shape index (κ1) is 11.8. The van der Waals surface area contributed by atoms with Crippen molar-refractivity contribution in [3.8, 4) is 0 Å². The second kappa shape index (κ2) is 6.23. The summed E-state index contributed by atoms with van der Waals surface area (Å²) in [6.07, 6.45) is 2.28. The zero-order valence-electron chi connectivity index (χ0n) is 8.70. The first-order valence-corrected chi connectivity index (χ1v) is 5.20. The highest BCUT2D eigenvalue weighted by molar-refractivity contribution is 5.80. The molecule has 5 N–H and O–H groups in total. The summed E-state index contributed by atoms with van der Waals surface area (Å²) in [5, 5.41) is 14.8. The van der Waals surface area contributed by atoms with Gasteiger partial charge in [-0.15, -0.1) is 0 Å². The van der Waals surface area contributed by atoms with Crippen LogP contribution in [0.25, 0.3) is 0 Å². The number of carboxylic acid groups (broad SMARTS) is 1. The van der Waals surface area contributed by atoms with Crippen molar-refractivity contribution in [1.82, 2.24) is 10.6 Å². The van der Waals surface area contributed by atoms with Crippen LogP contribution in [0.5, 0.6) is 0 Å². The molecule has 0 spiro atoms. The molecule has 15 heavy (non-hydrogen) atoms. The van der Waals surface area contributed by atoms with E-state index >= 15 is 0 Å². The van der Waals surface area contributed by atoms with Gasteiger partial charge in [0.15, 0.2) is 5.96 Å². The van der Waals surface area contributed by atoms with Crippen LogP contribution in [0.3, 0.4) is 0 Å². The summed E-state index contributed by atoms with van der Waals surface area (Å²) in [6.45, 7) is 2.50. The van der Waals surface area contributed by atoms with Gasteiger partial charge in [-0.3, -0.25) is 9.79 Å². The van der Waals surface area contributed by atoms with Crippen LogP contribution in [-0.2, 0) is 4.79 Å². The Morgan fingerprint density at radius 2 is 2.53 bits per heavy atom. The van der Waals surface area contributed by atoms with Gasteiger partial charge in [0.05, 0.1) is 0 Å². The fourth-order valence-electron chi connectivity index (χ4n) is 1.30. The Bertz CT molecular complexity index is 242. The standard InChI is InChI=1S/C9H18N4O2/c10-7(8(14)15)3-1-4-11-9-12-5-2-6-13-9/h7H,1-6,10H2,(H,14,15)(H2,11,12,13)/t7-/m0/s1. The van der Waals surface area contributed by atoms with E-state index in [1.165, 1.54) is 0 Å². The van der Waals surface area contributed by atoms with E-state index in [0.29, 0.717) is 13.0 Å². The van der Waals surface area contributed by atoms with E-state index in [2.05, 4.69) is 15.6 Å². The average molecular weight is 214 g/mol. The fourth-order valence-corrected chi connectivity index (χ4v) is 1.30. The summed E-state index contributed by atoms with van der Waals surface area (Å²) >= 11 is 0. The summed E-state index contributed by atoms with van der Waals surface area (Å²) < 4.78 is 0. The van der Waals surface area contributed by atoms with Gasteiger partial charge >= 0.3 is 5.97 Å². The fraction of sp³-hybridized carbons (Fsp3) is 0.778. The lowest BCUT2D eigenvalue weighted by molar-refractivity contribution is -0.138. The van der Waals surface area contributed by atoms with Gasteiger partial charge in [-0.2, -0.15) is 0 Å². The molecule has 1 rings (SSSR count). The third-order valence-corrected chi connectivity index (χ3v) is 2.20. The Balaban J connectivity index is 2.06. The van der Waals surface area contributed by atoms with E-state index < -0.39 is 12.0 Å². The number of aliphatic carboxylic acids is 1. The molecule has 0 radical (unpaired) electrons. The molecule has 0 aliphatic carbocycles. The first-order valence-electron chi connectivity index (χ1n) is 5.20. The predicted molar refractivity (Wildman–Crippen MR) is 57.8 cm³/mol. The van der Waals surface area contributed by atoms with Gasteiger partial charge in [0.1, 0.15) is 6.04 Å². The minimum atomic E-state index is -0.942. The monoisotopic (exact) mass is 214 g/mol. The molecular weight excluding hydrogens is 196 g/mol. The Morgan fingerprint density at radius 1 is 1.73 bits per heavy atom. The number of aliphatic imine (C=N–C) groups is 1. The van der Waals surface area contributed by atoms with Crippen LogP contribution < -0.4 is 16.4 Å². The van der Waals surface area contributed by atoms with E-state index in [0.717, 1.165) is 31.9 Å². The van der Waals surface area contributed by atoms with Crippen LogP contribution in [0.15, 0.2) is 4.99 Å². The lowest BCUT2D eigenvalue weighted by Crippen LogP contribution is -2.41. The molecule has 6 nitrogen and oxygen atoms in total. The number of hydrogen-bond donors (Lipinski definition) is 4. The maximum Gasteiger partial charge on any atom is 0.320 e. The molecule has 0 aromatic heterocycles. The summed E-state index contributed by atoms with van der Waals surface area (Å²) in [7, 11) is 0. The van der Waals surface area contributed by atoms with Crippen LogP contribution in [0.4, 0.5) is 0 Å². The number of hydrogen-bond acceptors (Lipinski definition) is 5. The molecule has 0 amide bonds. The molecule has 0 saturated carbocycles. The normalized spacial score (nSPS) is 17.5. The average Bonchev–Trinajstić information content (AvgIpc) is 2.25. The third-order valence-electron chi connectivity index (χ3n) is 2.20. The van der Waals surface area contributed by atoms with Crippen molar-refractivity contribution < 1.29 is 9.90 Å². The Kier molecular flexibility index (Phi) is 4.89. The summed E-state index contributed by atoms with van der Waals surface area (Å²) in [5.74, 6) is -0.131. The van der Waals surface area contributed by atoms with Crippen molar-refractivity contribution >= 4 is 11.9 Å². The molecule has 0 fully saturated rings. The lowest BCUT2D eigenvalue weighted by atomic mass is 10.2. The van der Waals surface area contributed by atoms with Gasteiger partial charge in [0, 0.05) is 19.6 Å². The molecule has 1 aliphatic rings. The molecule has 0 bridgehead atoms. The van der Waals surface area contributed by atoms with E-state index in [1.54, 1.807) is 0 Å². The zero-order valence-corrected chi connectivity index (χ0v) is 8.70. The minimum Gasteiger partial charge on any atom is -0.480 e. The molecule has 1 aliphatic heterocycles. The molecule has 1 heterocycles. The van der Waals surface area contributed by atoms with Gasteiger partial charge in [-0.05, 0) is 19.3 Å². The number of carbonyl (C=O) groups is 1. The van der Waals surface area contributed by atoms with Crippen LogP contribution in [-0.4, -0.2) is 42.7 Å². The lowest BCUT2D eigenvalue weighted by Gasteiger charge is -2.16. The molecule has 6 heteroatoms. The van der Waals surface area contributed by atoms with Crippen molar-refractivity contribution in [2.45, 2.75) is 25.3 Å². The molecule has 86 valence electrons. The van der Waals surface area contributed by atoms with E-state index in [1.807, 2.05) is 0 Å². The molecular formula is C9H18N4O2. The van der Waals surface area contributed by atoms with Crippen LogP contribution in [0.2, 0.25) is 0 Å². The SMILES string of the molecule is N[C@@H](CCCNC1=NCCCN1)C(=O)O. The summed E-state index contributed by atoms with van der Waals surface area (Å²) in [6, 6.07) is -0.756. The number of guanidine groups is 1. The third kappa shape index (κ3) is 4.64. The molecule has 0 saturated heterocycles. The van der Waals surface area contributed by atoms with E-state index in [9.17, 15) is 4.79 Å². The van der Waals surface area contributed by atoms with Gasteiger partial charge in [-0.25, -0.2) is 0 Å². The maximum atomic E-state index is 10.4.